The maximum absolute atomic E-state index is 5.86. The van der Waals surface area contributed by atoms with Crippen molar-refractivity contribution in [2.75, 3.05) is 5.73 Å². The third-order valence-electron chi connectivity index (χ3n) is 2.77. The minimum Gasteiger partial charge on any atom is -0.443 e. The van der Waals surface area contributed by atoms with Crippen molar-refractivity contribution in [3.05, 3.63) is 60.0 Å². The average molecular weight is 224 g/mol. The maximum Gasteiger partial charge on any atom is 0.181 e. The van der Waals surface area contributed by atoms with Crippen LogP contribution in [0.3, 0.4) is 0 Å². The summed E-state index contributed by atoms with van der Waals surface area (Å²) in [6.45, 7) is 0. The normalized spacial score (nSPS) is 10.8. The van der Waals surface area contributed by atoms with Crippen molar-refractivity contribution in [2.24, 2.45) is 0 Å². The molecule has 2 aromatic carbocycles. The van der Waals surface area contributed by atoms with Crippen molar-refractivity contribution in [1.82, 2.24) is 4.98 Å². The van der Waals surface area contributed by atoms with Crippen LogP contribution in [0.5, 0.6) is 0 Å². The summed E-state index contributed by atoms with van der Waals surface area (Å²) in [5, 5.41) is 0. The van der Waals surface area contributed by atoms with Crippen molar-refractivity contribution >= 4 is 16.8 Å². The molecule has 0 aliphatic carbocycles. The Hall–Kier alpha value is -2.29. The molecule has 0 aliphatic rings. The molecular formula is C14H12N2O. The zero-order valence-electron chi connectivity index (χ0n) is 9.26. The molecule has 17 heavy (non-hydrogen) atoms. The molecule has 0 radical (unpaired) electrons. The predicted molar refractivity (Wildman–Crippen MR) is 67.7 cm³/mol. The van der Waals surface area contributed by atoms with Gasteiger partial charge in [-0.3, -0.25) is 0 Å². The fourth-order valence-corrected chi connectivity index (χ4v) is 2.01. The Labute approximate surface area is 98.9 Å². The third-order valence-corrected chi connectivity index (χ3v) is 2.77. The van der Waals surface area contributed by atoms with Crippen molar-refractivity contribution in [3.63, 3.8) is 0 Å². The number of nitrogens with zero attached hydrogens (tertiary/aromatic N) is 1. The number of rotatable bonds is 2. The molecule has 0 saturated carbocycles. The van der Waals surface area contributed by atoms with Gasteiger partial charge < -0.3 is 10.2 Å². The molecule has 0 spiro atoms. The van der Waals surface area contributed by atoms with E-state index < -0.39 is 0 Å². The smallest absolute Gasteiger partial charge is 0.181 e. The van der Waals surface area contributed by atoms with E-state index in [1.165, 1.54) is 12.0 Å². The Kier molecular flexibility index (Phi) is 2.29. The molecule has 0 saturated heterocycles. The van der Waals surface area contributed by atoms with Gasteiger partial charge in [0.2, 0.25) is 0 Å². The van der Waals surface area contributed by atoms with Crippen LogP contribution in [0.15, 0.2) is 53.3 Å². The zero-order chi connectivity index (χ0) is 11.7. The quantitative estimate of drug-likeness (QED) is 0.681. The second-order valence-electron chi connectivity index (χ2n) is 4.04. The highest BCUT2D eigenvalue weighted by Crippen LogP contribution is 2.23. The van der Waals surface area contributed by atoms with Gasteiger partial charge in [0.15, 0.2) is 12.0 Å². The van der Waals surface area contributed by atoms with Crippen molar-refractivity contribution in [1.29, 1.82) is 0 Å². The number of fused-ring (bicyclic) bond motifs is 1. The van der Waals surface area contributed by atoms with Crippen LogP contribution in [0, 0.1) is 0 Å². The molecule has 0 fully saturated rings. The number of hydrogen-bond donors (Lipinski definition) is 1. The van der Waals surface area contributed by atoms with Gasteiger partial charge in [0, 0.05) is 17.7 Å². The van der Waals surface area contributed by atoms with Crippen LogP contribution in [0.2, 0.25) is 0 Å². The first-order valence-electron chi connectivity index (χ1n) is 5.48. The summed E-state index contributed by atoms with van der Waals surface area (Å²) < 4.78 is 5.41. The lowest BCUT2D eigenvalue weighted by Gasteiger charge is -2.03. The van der Waals surface area contributed by atoms with Crippen LogP contribution < -0.4 is 5.73 Å². The molecule has 0 aliphatic heterocycles. The largest absolute Gasteiger partial charge is 0.443 e. The van der Waals surface area contributed by atoms with E-state index >= 15 is 0 Å². The second kappa shape index (κ2) is 3.94. The van der Waals surface area contributed by atoms with Gasteiger partial charge in [-0.1, -0.05) is 30.3 Å². The summed E-state index contributed by atoms with van der Waals surface area (Å²) in [4.78, 5) is 4.14. The number of nitrogen functional groups attached to an aromatic ring is 1. The van der Waals surface area contributed by atoms with E-state index in [2.05, 4.69) is 17.1 Å². The molecule has 2 N–H and O–H groups in total. The molecule has 0 bridgehead atoms. The van der Waals surface area contributed by atoms with Crippen LogP contribution in [0.4, 0.5) is 5.69 Å². The number of benzene rings is 2. The van der Waals surface area contributed by atoms with E-state index in [0.717, 1.165) is 28.8 Å². The molecular weight excluding hydrogens is 212 g/mol. The van der Waals surface area contributed by atoms with Crippen LogP contribution in [-0.4, -0.2) is 4.98 Å². The fraction of sp³-hybridized carbons (Fsp3) is 0.0714. The zero-order valence-corrected chi connectivity index (χ0v) is 9.26. The van der Waals surface area contributed by atoms with E-state index in [-0.39, 0.29) is 0 Å². The highest BCUT2D eigenvalue weighted by molar-refractivity contribution is 5.80. The molecule has 3 nitrogen and oxygen atoms in total. The standard InChI is InChI=1S/C14H12N2O/c15-12-7-11(6-10-4-2-1-3-5-10)14-13(8-12)16-9-17-14/h1-5,7-9H,6,15H2. The second-order valence-corrected chi connectivity index (χ2v) is 4.04. The fourth-order valence-electron chi connectivity index (χ4n) is 2.01. The molecule has 3 heteroatoms. The maximum atomic E-state index is 5.86. The molecule has 3 rings (SSSR count). The average Bonchev–Trinajstić information content (AvgIpc) is 2.78. The Balaban J connectivity index is 2.08. The highest BCUT2D eigenvalue weighted by atomic mass is 16.3. The first-order valence-corrected chi connectivity index (χ1v) is 5.48. The first-order chi connectivity index (χ1) is 8.33. The minimum atomic E-state index is 0.720. The lowest BCUT2D eigenvalue weighted by molar-refractivity contribution is 0.598. The van der Waals surface area contributed by atoms with E-state index in [4.69, 9.17) is 10.2 Å². The lowest BCUT2D eigenvalue weighted by atomic mass is 10.0. The van der Waals surface area contributed by atoms with E-state index in [1.807, 2.05) is 30.3 Å². The van der Waals surface area contributed by atoms with Crippen molar-refractivity contribution < 1.29 is 4.42 Å². The molecule has 0 atom stereocenters. The number of anilines is 1. The summed E-state index contributed by atoms with van der Waals surface area (Å²) in [5.74, 6) is 0. The molecule has 3 aromatic rings. The van der Waals surface area contributed by atoms with Crippen LogP contribution >= 0.6 is 0 Å². The minimum absolute atomic E-state index is 0.720. The molecule has 84 valence electrons. The number of oxazole rings is 1. The SMILES string of the molecule is Nc1cc(Cc2ccccc2)c2ocnc2c1. The van der Waals surface area contributed by atoms with Crippen molar-refractivity contribution in [3.8, 4) is 0 Å². The summed E-state index contributed by atoms with van der Waals surface area (Å²) in [6.07, 6.45) is 2.26. The van der Waals surface area contributed by atoms with Gasteiger partial charge in [0.25, 0.3) is 0 Å². The van der Waals surface area contributed by atoms with Gasteiger partial charge in [-0.15, -0.1) is 0 Å². The number of aromatic nitrogens is 1. The van der Waals surface area contributed by atoms with Crippen molar-refractivity contribution in [2.45, 2.75) is 6.42 Å². The monoisotopic (exact) mass is 224 g/mol. The molecule has 0 unspecified atom stereocenters. The molecule has 0 amide bonds. The Bertz CT molecular complexity index is 644. The van der Waals surface area contributed by atoms with E-state index in [9.17, 15) is 0 Å². The first kappa shape index (κ1) is 9.90. The Morgan fingerprint density at radius 3 is 2.76 bits per heavy atom. The Morgan fingerprint density at radius 2 is 1.94 bits per heavy atom. The van der Waals surface area contributed by atoms with Gasteiger partial charge in [-0.25, -0.2) is 4.98 Å². The van der Waals surface area contributed by atoms with Crippen LogP contribution in [-0.2, 0) is 6.42 Å². The van der Waals surface area contributed by atoms with Gasteiger partial charge in [0.05, 0.1) is 0 Å². The third kappa shape index (κ3) is 1.87. The summed E-state index contributed by atoms with van der Waals surface area (Å²) >= 11 is 0. The molecule has 1 aromatic heterocycles. The van der Waals surface area contributed by atoms with Gasteiger partial charge >= 0.3 is 0 Å². The van der Waals surface area contributed by atoms with Gasteiger partial charge in [-0.2, -0.15) is 0 Å². The lowest BCUT2D eigenvalue weighted by Crippen LogP contribution is -1.92. The molecule has 1 heterocycles. The highest BCUT2D eigenvalue weighted by Gasteiger charge is 2.07. The predicted octanol–water partition coefficient (Wildman–Crippen LogP) is 3.00. The van der Waals surface area contributed by atoms with E-state index in [1.54, 1.807) is 0 Å². The summed E-state index contributed by atoms with van der Waals surface area (Å²) in [7, 11) is 0. The van der Waals surface area contributed by atoms with Gasteiger partial charge in [-0.05, 0) is 17.7 Å². The van der Waals surface area contributed by atoms with Crippen LogP contribution in [0.25, 0.3) is 11.1 Å². The number of hydrogen-bond acceptors (Lipinski definition) is 3. The van der Waals surface area contributed by atoms with Crippen LogP contribution in [0.1, 0.15) is 11.1 Å². The topological polar surface area (TPSA) is 52.0 Å². The Morgan fingerprint density at radius 1 is 1.12 bits per heavy atom. The van der Waals surface area contributed by atoms with E-state index in [0.29, 0.717) is 0 Å². The summed E-state index contributed by atoms with van der Waals surface area (Å²) in [6, 6.07) is 14.0. The summed E-state index contributed by atoms with van der Waals surface area (Å²) in [5.41, 5.74) is 10.5. The van der Waals surface area contributed by atoms with Gasteiger partial charge in [0.1, 0.15) is 5.52 Å². The number of nitrogens with two attached hydrogens (primary N) is 1.